The molecule has 0 N–H and O–H groups in total. The molecule has 4 saturated carbocycles. The van der Waals surface area contributed by atoms with Crippen molar-refractivity contribution in [3.8, 4) is 0 Å². The Morgan fingerprint density at radius 1 is 1.04 bits per heavy atom. The predicted octanol–water partition coefficient (Wildman–Crippen LogP) is 3.64. The molecule has 1 aromatic rings. The standard InChI is InChI=1S/C23H30N2O2/c1-24(23-18-10-16-9-17(12-18)13-19(23)11-16)22(27)14-15-4-6-20(7-5-15)25-8-2-3-21(25)26/h4-7,16-19,23H,2-3,8-14H2,1H3. The van der Waals surface area contributed by atoms with Crippen molar-refractivity contribution in [2.45, 2.75) is 57.4 Å². The van der Waals surface area contributed by atoms with Gasteiger partial charge in [0.25, 0.3) is 0 Å². The molecule has 5 aliphatic rings. The number of benzene rings is 1. The maximum Gasteiger partial charge on any atom is 0.227 e. The zero-order valence-electron chi connectivity index (χ0n) is 16.3. The van der Waals surface area contributed by atoms with Crippen LogP contribution in [0.4, 0.5) is 5.69 Å². The first-order valence-electron chi connectivity index (χ1n) is 10.7. The van der Waals surface area contributed by atoms with Crippen LogP contribution in [-0.4, -0.2) is 36.3 Å². The molecule has 0 atom stereocenters. The Bertz CT molecular complexity index is 713. The van der Waals surface area contributed by atoms with Gasteiger partial charge in [0.15, 0.2) is 0 Å². The average molecular weight is 367 g/mol. The lowest BCUT2D eigenvalue weighted by atomic mass is 9.54. The number of hydrogen-bond donors (Lipinski definition) is 0. The Labute approximate surface area is 161 Å². The summed E-state index contributed by atoms with van der Waals surface area (Å²) in [5, 5.41) is 0. The minimum Gasteiger partial charge on any atom is -0.342 e. The van der Waals surface area contributed by atoms with Crippen LogP contribution < -0.4 is 4.90 Å². The van der Waals surface area contributed by atoms with Crippen LogP contribution in [-0.2, 0) is 16.0 Å². The van der Waals surface area contributed by atoms with E-state index >= 15 is 0 Å². The number of rotatable bonds is 4. The van der Waals surface area contributed by atoms with E-state index < -0.39 is 0 Å². The lowest BCUT2D eigenvalue weighted by Gasteiger charge is -2.56. The molecule has 0 unspecified atom stereocenters. The summed E-state index contributed by atoms with van der Waals surface area (Å²) in [6.45, 7) is 0.812. The Kier molecular flexibility index (Phi) is 4.25. The maximum absolute atomic E-state index is 13.0. The van der Waals surface area contributed by atoms with Crippen molar-refractivity contribution in [3.63, 3.8) is 0 Å². The predicted molar refractivity (Wildman–Crippen MR) is 105 cm³/mol. The molecule has 1 aliphatic heterocycles. The van der Waals surface area contributed by atoms with Gasteiger partial charge in [0.05, 0.1) is 6.42 Å². The van der Waals surface area contributed by atoms with Gasteiger partial charge < -0.3 is 9.80 Å². The van der Waals surface area contributed by atoms with Gasteiger partial charge in [-0.05, 0) is 79.9 Å². The molecule has 4 bridgehead atoms. The van der Waals surface area contributed by atoms with Crippen LogP contribution in [0.1, 0.15) is 50.5 Å². The second-order valence-corrected chi connectivity index (χ2v) is 9.42. The first-order chi connectivity index (χ1) is 13.1. The fraction of sp³-hybridized carbons (Fsp3) is 0.652. The largest absolute Gasteiger partial charge is 0.342 e. The number of hydrogen-bond acceptors (Lipinski definition) is 2. The van der Waals surface area contributed by atoms with Crippen molar-refractivity contribution in [1.82, 2.24) is 4.90 Å². The normalized spacial score (nSPS) is 34.3. The molecular formula is C23H30N2O2. The summed E-state index contributed by atoms with van der Waals surface area (Å²) in [6, 6.07) is 8.49. The van der Waals surface area contributed by atoms with Crippen molar-refractivity contribution in [1.29, 1.82) is 0 Å². The van der Waals surface area contributed by atoms with Gasteiger partial charge in [0, 0.05) is 31.7 Å². The Morgan fingerprint density at radius 2 is 1.67 bits per heavy atom. The first kappa shape index (κ1) is 17.3. The molecule has 6 rings (SSSR count). The van der Waals surface area contributed by atoms with Crippen LogP contribution in [0.3, 0.4) is 0 Å². The molecule has 4 nitrogen and oxygen atoms in total. The number of nitrogens with zero attached hydrogens (tertiary/aromatic N) is 2. The SMILES string of the molecule is CN(C(=O)Cc1ccc(N2CCCC2=O)cc1)C1C2CC3CC(C2)CC1C3. The second kappa shape index (κ2) is 6.65. The second-order valence-electron chi connectivity index (χ2n) is 9.42. The van der Waals surface area contributed by atoms with Crippen molar-refractivity contribution >= 4 is 17.5 Å². The molecular weight excluding hydrogens is 336 g/mol. The van der Waals surface area contributed by atoms with Crippen LogP contribution in [0.2, 0.25) is 0 Å². The third-order valence-corrected chi connectivity index (χ3v) is 7.69. The number of amides is 2. The quantitative estimate of drug-likeness (QED) is 0.816. The Hall–Kier alpha value is -1.84. The molecule has 1 aromatic carbocycles. The van der Waals surface area contributed by atoms with E-state index in [-0.39, 0.29) is 11.8 Å². The molecule has 1 heterocycles. The smallest absolute Gasteiger partial charge is 0.227 e. The van der Waals surface area contributed by atoms with Gasteiger partial charge in [0.1, 0.15) is 0 Å². The van der Waals surface area contributed by atoms with Crippen LogP contribution in [0.25, 0.3) is 0 Å². The monoisotopic (exact) mass is 366 g/mol. The van der Waals surface area contributed by atoms with Crippen molar-refractivity contribution in [2.75, 3.05) is 18.5 Å². The van der Waals surface area contributed by atoms with E-state index in [9.17, 15) is 9.59 Å². The van der Waals surface area contributed by atoms with Crippen LogP contribution >= 0.6 is 0 Å². The summed E-state index contributed by atoms with van der Waals surface area (Å²) < 4.78 is 0. The molecule has 144 valence electrons. The summed E-state index contributed by atoms with van der Waals surface area (Å²) in [5.41, 5.74) is 2.01. The molecule has 4 aliphatic carbocycles. The van der Waals surface area contributed by atoms with E-state index in [1.165, 1.54) is 32.1 Å². The summed E-state index contributed by atoms with van der Waals surface area (Å²) >= 11 is 0. The van der Waals surface area contributed by atoms with Crippen LogP contribution in [0, 0.1) is 23.7 Å². The molecule has 0 radical (unpaired) electrons. The third-order valence-electron chi connectivity index (χ3n) is 7.69. The van der Waals surface area contributed by atoms with E-state index in [2.05, 4.69) is 4.90 Å². The molecule has 27 heavy (non-hydrogen) atoms. The molecule has 5 fully saturated rings. The first-order valence-corrected chi connectivity index (χ1v) is 10.7. The van der Waals surface area contributed by atoms with Gasteiger partial charge in [-0.25, -0.2) is 0 Å². The summed E-state index contributed by atoms with van der Waals surface area (Å²) in [6.07, 6.45) is 8.87. The van der Waals surface area contributed by atoms with Crippen molar-refractivity contribution in [2.24, 2.45) is 23.7 Å². The average Bonchev–Trinajstić information content (AvgIpc) is 3.07. The Balaban J connectivity index is 1.24. The van der Waals surface area contributed by atoms with E-state index in [1.54, 1.807) is 0 Å². The molecule has 0 aromatic heterocycles. The van der Waals surface area contributed by atoms with Crippen molar-refractivity contribution in [3.05, 3.63) is 29.8 Å². The highest BCUT2D eigenvalue weighted by molar-refractivity contribution is 5.95. The lowest BCUT2D eigenvalue weighted by molar-refractivity contribution is -0.140. The summed E-state index contributed by atoms with van der Waals surface area (Å²) in [7, 11) is 2.03. The van der Waals surface area contributed by atoms with Gasteiger partial charge in [-0.3, -0.25) is 9.59 Å². The fourth-order valence-electron chi connectivity index (χ4n) is 6.71. The maximum atomic E-state index is 13.0. The van der Waals surface area contributed by atoms with E-state index in [0.717, 1.165) is 47.9 Å². The van der Waals surface area contributed by atoms with Gasteiger partial charge in [-0.1, -0.05) is 12.1 Å². The van der Waals surface area contributed by atoms with Gasteiger partial charge in [0.2, 0.25) is 11.8 Å². The van der Waals surface area contributed by atoms with Gasteiger partial charge in [-0.15, -0.1) is 0 Å². The molecule has 2 amide bonds. The molecule has 0 spiro atoms. The van der Waals surface area contributed by atoms with Crippen LogP contribution in [0.15, 0.2) is 24.3 Å². The zero-order valence-corrected chi connectivity index (χ0v) is 16.3. The fourth-order valence-corrected chi connectivity index (χ4v) is 6.71. The van der Waals surface area contributed by atoms with E-state index in [4.69, 9.17) is 0 Å². The summed E-state index contributed by atoms with van der Waals surface area (Å²) in [4.78, 5) is 28.8. The Morgan fingerprint density at radius 3 is 2.22 bits per heavy atom. The number of anilines is 1. The topological polar surface area (TPSA) is 40.6 Å². The molecule has 4 heteroatoms. The van der Waals surface area contributed by atoms with Crippen molar-refractivity contribution < 1.29 is 9.59 Å². The van der Waals surface area contributed by atoms with Gasteiger partial charge in [-0.2, -0.15) is 0 Å². The van der Waals surface area contributed by atoms with Crippen LogP contribution in [0.5, 0.6) is 0 Å². The van der Waals surface area contributed by atoms with E-state index in [0.29, 0.717) is 18.9 Å². The molecule has 1 saturated heterocycles. The highest BCUT2D eigenvalue weighted by Crippen LogP contribution is 2.55. The lowest BCUT2D eigenvalue weighted by Crippen LogP contribution is -2.56. The number of carbonyl (C=O) groups is 2. The number of likely N-dealkylation sites (N-methyl/N-ethyl adjacent to an activating group) is 1. The minimum absolute atomic E-state index is 0.209. The van der Waals surface area contributed by atoms with E-state index in [1.807, 2.05) is 36.2 Å². The zero-order chi connectivity index (χ0) is 18.5. The highest BCUT2D eigenvalue weighted by Gasteiger charge is 2.50. The third kappa shape index (κ3) is 3.07. The number of carbonyl (C=O) groups excluding carboxylic acids is 2. The minimum atomic E-state index is 0.209. The highest BCUT2D eigenvalue weighted by atomic mass is 16.2. The summed E-state index contributed by atoms with van der Waals surface area (Å²) in [5.74, 6) is 3.80. The van der Waals surface area contributed by atoms with Gasteiger partial charge >= 0.3 is 0 Å².